The molecule has 0 saturated carbocycles. The van der Waals surface area contributed by atoms with Crippen LogP contribution >= 0.6 is 11.3 Å². The van der Waals surface area contributed by atoms with Crippen LogP contribution in [-0.4, -0.2) is 12.6 Å². The van der Waals surface area contributed by atoms with Crippen molar-refractivity contribution in [3.63, 3.8) is 0 Å². The van der Waals surface area contributed by atoms with Crippen molar-refractivity contribution in [3.8, 4) is 16.9 Å². The van der Waals surface area contributed by atoms with Gasteiger partial charge in [0.1, 0.15) is 12.4 Å². The molecule has 0 saturated heterocycles. The van der Waals surface area contributed by atoms with Crippen molar-refractivity contribution < 1.29 is 14.3 Å². The normalized spacial score (nSPS) is 10.8. The van der Waals surface area contributed by atoms with Gasteiger partial charge in [-0.05, 0) is 75.5 Å². The molecule has 3 nitrogen and oxygen atoms in total. The molecule has 0 aliphatic rings. The molecule has 0 fully saturated rings. The van der Waals surface area contributed by atoms with Crippen LogP contribution in [-0.2, 0) is 11.3 Å². The quantitative estimate of drug-likeness (QED) is 0.362. The van der Waals surface area contributed by atoms with Gasteiger partial charge in [0.2, 0.25) is 0 Å². The van der Waals surface area contributed by atoms with E-state index >= 15 is 0 Å². The molecule has 0 radical (unpaired) electrons. The highest BCUT2D eigenvalue weighted by Crippen LogP contribution is 2.34. The topological polar surface area (TPSA) is 35.5 Å². The number of fused-ring (bicyclic) bond motifs is 1. The number of esters is 1. The second-order valence-corrected chi connectivity index (χ2v) is 7.19. The van der Waals surface area contributed by atoms with Crippen LogP contribution in [0.1, 0.15) is 22.8 Å². The minimum Gasteiger partial charge on any atom is -0.489 e. The number of hydrogen-bond donors (Lipinski definition) is 0. The number of thiophene rings is 1. The molecule has 4 aromatic rings. The molecule has 1 aromatic heterocycles. The van der Waals surface area contributed by atoms with Crippen LogP contribution < -0.4 is 4.74 Å². The molecule has 1 heterocycles. The fourth-order valence-corrected chi connectivity index (χ4v) is 3.82. The highest BCUT2D eigenvalue weighted by atomic mass is 32.1. The van der Waals surface area contributed by atoms with Crippen molar-refractivity contribution in [1.29, 1.82) is 0 Å². The molecule has 4 heteroatoms. The molecular weight excluding hydrogens is 368 g/mol. The van der Waals surface area contributed by atoms with Crippen LogP contribution in [0.4, 0.5) is 0 Å². The first-order chi connectivity index (χ1) is 13.7. The van der Waals surface area contributed by atoms with Gasteiger partial charge in [0, 0.05) is 0 Å². The minimum atomic E-state index is -0.309. The predicted molar refractivity (Wildman–Crippen MR) is 114 cm³/mol. The van der Waals surface area contributed by atoms with Gasteiger partial charge in [-0.2, -0.15) is 11.3 Å². The number of carbonyl (C=O) groups excluding carboxylic acids is 1. The zero-order chi connectivity index (χ0) is 19.3. The number of hydrogen-bond acceptors (Lipinski definition) is 4. The third kappa shape index (κ3) is 3.92. The minimum absolute atomic E-state index is 0.309. The first-order valence-electron chi connectivity index (χ1n) is 9.19. The molecule has 0 aliphatic carbocycles. The summed E-state index contributed by atoms with van der Waals surface area (Å²) in [4.78, 5) is 12.4. The highest BCUT2D eigenvalue weighted by molar-refractivity contribution is 7.08. The largest absolute Gasteiger partial charge is 0.489 e. The van der Waals surface area contributed by atoms with E-state index in [1.165, 1.54) is 0 Å². The number of carbonyl (C=O) groups is 1. The first-order valence-corrected chi connectivity index (χ1v) is 10.1. The van der Waals surface area contributed by atoms with Crippen molar-refractivity contribution in [1.82, 2.24) is 0 Å². The van der Waals surface area contributed by atoms with Crippen LogP contribution in [0.2, 0.25) is 0 Å². The number of rotatable bonds is 6. The van der Waals surface area contributed by atoms with Crippen molar-refractivity contribution in [3.05, 3.63) is 88.6 Å². The molecule has 0 amide bonds. The lowest BCUT2D eigenvalue weighted by atomic mass is 9.97. The van der Waals surface area contributed by atoms with Crippen molar-refractivity contribution in [2.75, 3.05) is 6.61 Å². The highest BCUT2D eigenvalue weighted by Gasteiger charge is 2.13. The van der Waals surface area contributed by atoms with E-state index in [1.54, 1.807) is 11.3 Å². The van der Waals surface area contributed by atoms with E-state index in [4.69, 9.17) is 9.47 Å². The van der Waals surface area contributed by atoms with Gasteiger partial charge in [-0.3, -0.25) is 0 Å². The lowest BCUT2D eigenvalue weighted by Gasteiger charge is -2.12. The Hall–Kier alpha value is -3.11. The average Bonchev–Trinajstić information content (AvgIpc) is 3.27. The molecule has 28 heavy (non-hydrogen) atoms. The summed E-state index contributed by atoms with van der Waals surface area (Å²) in [5, 5.41) is 6.16. The fourth-order valence-electron chi connectivity index (χ4n) is 3.17. The van der Waals surface area contributed by atoms with Gasteiger partial charge in [0.25, 0.3) is 0 Å². The molecule has 0 unspecified atom stereocenters. The van der Waals surface area contributed by atoms with Crippen molar-refractivity contribution in [2.24, 2.45) is 0 Å². The molecule has 0 aliphatic heterocycles. The number of benzene rings is 3. The monoisotopic (exact) mass is 388 g/mol. The van der Waals surface area contributed by atoms with E-state index in [0.29, 0.717) is 18.8 Å². The molecule has 0 atom stereocenters. The van der Waals surface area contributed by atoms with E-state index in [-0.39, 0.29) is 5.97 Å². The maximum Gasteiger partial charge on any atom is 0.338 e. The Morgan fingerprint density at radius 2 is 1.86 bits per heavy atom. The lowest BCUT2D eigenvalue weighted by Crippen LogP contribution is -2.05. The van der Waals surface area contributed by atoms with E-state index in [1.807, 2.05) is 66.9 Å². The van der Waals surface area contributed by atoms with Gasteiger partial charge in [0.05, 0.1) is 12.2 Å². The molecule has 3 aromatic carbocycles. The van der Waals surface area contributed by atoms with Crippen LogP contribution in [0.5, 0.6) is 5.75 Å². The maximum atomic E-state index is 12.4. The van der Waals surface area contributed by atoms with E-state index in [2.05, 4.69) is 17.5 Å². The summed E-state index contributed by atoms with van der Waals surface area (Å²) in [6.45, 7) is 2.67. The third-order valence-corrected chi connectivity index (χ3v) is 5.20. The maximum absolute atomic E-state index is 12.4. The smallest absolute Gasteiger partial charge is 0.338 e. The summed E-state index contributed by atoms with van der Waals surface area (Å²) >= 11 is 1.64. The second kappa shape index (κ2) is 8.28. The summed E-state index contributed by atoms with van der Waals surface area (Å²) in [5.74, 6) is 0.463. The van der Waals surface area contributed by atoms with Crippen molar-refractivity contribution in [2.45, 2.75) is 13.5 Å². The summed E-state index contributed by atoms with van der Waals surface area (Å²) in [6, 6.07) is 21.9. The van der Waals surface area contributed by atoms with E-state index in [0.717, 1.165) is 33.2 Å². The summed E-state index contributed by atoms with van der Waals surface area (Å²) in [5.41, 5.74) is 3.79. The lowest BCUT2D eigenvalue weighted by molar-refractivity contribution is 0.0526. The van der Waals surface area contributed by atoms with Gasteiger partial charge in [-0.15, -0.1) is 0 Å². The zero-order valence-electron chi connectivity index (χ0n) is 15.6. The molecule has 140 valence electrons. The number of ether oxygens (including phenoxy) is 2. The van der Waals surface area contributed by atoms with Gasteiger partial charge in [-0.1, -0.05) is 36.4 Å². The fraction of sp³-hybridized carbons (Fsp3) is 0.125. The predicted octanol–water partition coefficient (Wildman–Crippen LogP) is 6.32. The molecular formula is C24H20O3S. The van der Waals surface area contributed by atoms with Gasteiger partial charge < -0.3 is 9.47 Å². The Balaban J connectivity index is 1.73. The first kappa shape index (κ1) is 18.3. The average molecular weight is 388 g/mol. The zero-order valence-corrected chi connectivity index (χ0v) is 16.4. The molecule has 4 rings (SSSR count). The summed E-state index contributed by atoms with van der Waals surface area (Å²) < 4.78 is 11.2. The van der Waals surface area contributed by atoms with Crippen LogP contribution in [0.3, 0.4) is 0 Å². The SMILES string of the molecule is CCOC(=O)c1cc(-c2ccsc2)c2ccc(OCc3ccccc3)cc2c1. The van der Waals surface area contributed by atoms with E-state index in [9.17, 15) is 4.79 Å². The summed E-state index contributed by atoms with van der Waals surface area (Å²) in [6.07, 6.45) is 0. The molecule has 0 spiro atoms. The third-order valence-electron chi connectivity index (χ3n) is 4.52. The Kier molecular flexibility index (Phi) is 5.40. The van der Waals surface area contributed by atoms with E-state index < -0.39 is 0 Å². The molecule has 0 N–H and O–H groups in total. The Bertz CT molecular complexity index is 1090. The Morgan fingerprint density at radius 1 is 1.00 bits per heavy atom. The second-order valence-electron chi connectivity index (χ2n) is 6.41. The Morgan fingerprint density at radius 3 is 2.61 bits per heavy atom. The van der Waals surface area contributed by atoms with Gasteiger partial charge in [0.15, 0.2) is 0 Å². The van der Waals surface area contributed by atoms with Crippen LogP contribution in [0.15, 0.2) is 77.5 Å². The Labute approximate surface area is 168 Å². The van der Waals surface area contributed by atoms with Crippen molar-refractivity contribution >= 4 is 28.1 Å². The standard InChI is InChI=1S/C24H20O3S/c1-2-26-24(25)20-12-19-13-21(27-15-17-6-4-3-5-7-17)8-9-22(19)23(14-20)18-10-11-28-16-18/h3-14,16H,2,15H2,1H3. The molecule has 0 bridgehead atoms. The van der Waals surface area contributed by atoms with Crippen LogP contribution in [0, 0.1) is 0 Å². The summed E-state index contributed by atoms with van der Waals surface area (Å²) in [7, 11) is 0. The van der Waals surface area contributed by atoms with Gasteiger partial charge >= 0.3 is 5.97 Å². The van der Waals surface area contributed by atoms with Gasteiger partial charge in [-0.25, -0.2) is 4.79 Å². The van der Waals surface area contributed by atoms with Crippen LogP contribution in [0.25, 0.3) is 21.9 Å².